The zero-order valence-electron chi connectivity index (χ0n) is 15.6. The molecule has 0 aliphatic rings. The zero-order valence-corrected chi connectivity index (χ0v) is 15.6. The fourth-order valence-electron chi connectivity index (χ4n) is 2.96. The molecule has 0 fully saturated rings. The van der Waals surface area contributed by atoms with Gasteiger partial charge >= 0.3 is 6.18 Å². The number of nitrogen functional groups attached to an aromatic ring is 1. The van der Waals surface area contributed by atoms with Crippen molar-refractivity contribution in [2.45, 2.75) is 19.0 Å². The number of para-hydroxylation sites is 2. The first kappa shape index (κ1) is 20.2. The molecule has 152 valence electrons. The number of methoxy groups -OCH3 is 1. The van der Waals surface area contributed by atoms with Crippen LogP contribution in [0.3, 0.4) is 0 Å². The number of nitrogens with zero attached hydrogens (tertiary/aromatic N) is 3. The smallest absolute Gasteiger partial charge is 0.417 e. The summed E-state index contributed by atoms with van der Waals surface area (Å²) in [6.45, 7) is 1.65. The van der Waals surface area contributed by atoms with Crippen molar-refractivity contribution in [3.8, 4) is 11.4 Å². The van der Waals surface area contributed by atoms with Gasteiger partial charge in [0.2, 0.25) is 0 Å². The lowest BCUT2D eigenvalue weighted by molar-refractivity contribution is -0.137. The van der Waals surface area contributed by atoms with Crippen molar-refractivity contribution in [1.29, 1.82) is 0 Å². The average Bonchev–Trinajstić information content (AvgIpc) is 3.04. The number of anilines is 1. The van der Waals surface area contributed by atoms with Crippen LogP contribution in [-0.2, 0) is 6.18 Å². The summed E-state index contributed by atoms with van der Waals surface area (Å²) in [5.41, 5.74) is 11.7. The number of carbonyl (C=O) groups excluding carboxylic acids is 1. The van der Waals surface area contributed by atoms with E-state index in [0.29, 0.717) is 11.4 Å². The Bertz CT molecular complexity index is 1040. The highest BCUT2D eigenvalue weighted by Crippen LogP contribution is 2.34. The van der Waals surface area contributed by atoms with Crippen molar-refractivity contribution in [2.24, 2.45) is 5.73 Å². The largest absolute Gasteiger partial charge is 0.494 e. The molecule has 1 amide bonds. The van der Waals surface area contributed by atoms with Crippen LogP contribution in [0.25, 0.3) is 5.69 Å². The van der Waals surface area contributed by atoms with E-state index in [0.717, 1.165) is 12.3 Å². The molecular formula is C19H18F3N5O2. The maximum absolute atomic E-state index is 12.8. The quantitative estimate of drug-likeness (QED) is 0.678. The van der Waals surface area contributed by atoms with Gasteiger partial charge in [-0.1, -0.05) is 19.1 Å². The molecule has 7 nitrogen and oxygen atoms in total. The van der Waals surface area contributed by atoms with Crippen LogP contribution in [-0.4, -0.2) is 27.8 Å². The summed E-state index contributed by atoms with van der Waals surface area (Å²) in [7, 11) is 1.48. The van der Waals surface area contributed by atoms with Crippen LogP contribution in [0.5, 0.6) is 5.75 Å². The number of hydrogen-bond acceptors (Lipinski definition) is 5. The van der Waals surface area contributed by atoms with E-state index in [1.54, 1.807) is 31.2 Å². The molecule has 3 rings (SSSR count). The van der Waals surface area contributed by atoms with Gasteiger partial charge in [-0.3, -0.25) is 9.78 Å². The third-order valence-corrected chi connectivity index (χ3v) is 4.48. The summed E-state index contributed by atoms with van der Waals surface area (Å²) < 4.78 is 45.0. The summed E-state index contributed by atoms with van der Waals surface area (Å²) >= 11 is 0. The van der Waals surface area contributed by atoms with Gasteiger partial charge in [0.1, 0.15) is 22.8 Å². The van der Waals surface area contributed by atoms with Crippen LogP contribution >= 0.6 is 0 Å². The molecular weight excluding hydrogens is 387 g/mol. The van der Waals surface area contributed by atoms with Gasteiger partial charge < -0.3 is 16.2 Å². The summed E-state index contributed by atoms with van der Waals surface area (Å²) in [5.74, 6) is -0.990. The number of benzene rings is 1. The fourth-order valence-corrected chi connectivity index (χ4v) is 2.96. The van der Waals surface area contributed by atoms with Crippen molar-refractivity contribution in [1.82, 2.24) is 14.8 Å². The van der Waals surface area contributed by atoms with Gasteiger partial charge in [0.15, 0.2) is 0 Å². The molecule has 0 saturated heterocycles. The number of rotatable bonds is 5. The lowest BCUT2D eigenvalue weighted by Crippen LogP contribution is -2.16. The first-order valence-corrected chi connectivity index (χ1v) is 8.49. The number of hydrogen-bond donors (Lipinski definition) is 2. The minimum absolute atomic E-state index is 0.00392. The topological polar surface area (TPSA) is 109 Å². The number of alkyl halides is 3. The van der Waals surface area contributed by atoms with Crippen LogP contribution in [0.2, 0.25) is 0 Å². The number of halogens is 3. The monoisotopic (exact) mass is 405 g/mol. The Kier molecular flexibility index (Phi) is 5.19. The zero-order chi connectivity index (χ0) is 21.3. The summed E-state index contributed by atoms with van der Waals surface area (Å²) in [4.78, 5) is 15.9. The van der Waals surface area contributed by atoms with E-state index in [1.807, 2.05) is 0 Å². The van der Waals surface area contributed by atoms with E-state index in [-0.39, 0.29) is 22.8 Å². The normalized spacial score (nSPS) is 12.6. The standard InChI is InChI=1S/C19H18F3N5O2/c1-10(12-8-7-11(9-25-12)19(20,21)22)16-15(18(24)28)17(23)27(26-16)13-5-3-4-6-14(13)29-2/h3-10H,23H2,1-2H3,(H2,24,28). The van der Waals surface area contributed by atoms with Crippen LogP contribution in [0.4, 0.5) is 19.0 Å². The number of aromatic nitrogens is 3. The molecule has 0 radical (unpaired) electrons. The Labute approximate surface area is 164 Å². The predicted octanol–water partition coefficient (Wildman–Crippen LogP) is 3.13. The molecule has 0 bridgehead atoms. The molecule has 29 heavy (non-hydrogen) atoms. The molecule has 0 saturated carbocycles. The number of ether oxygens (including phenoxy) is 1. The number of primary amides is 1. The van der Waals surface area contributed by atoms with Gasteiger partial charge in [-0.15, -0.1) is 0 Å². The lowest BCUT2D eigenvalue weighted by Gasteiger charge is -2.12. The molecule has 1 aromatic carbocycles. The molecule has 0 aliphatic heterocycles. The summed E-state index contributed by atoms with van der Waals surface area (Å²) in [5, 5.41) is 4.41. The van der Waals surface area contributed by atoms with Crippen LogP contribution in [0.1, 0.15) is 40.2 Å². The number of pyridine rings is 1. The van der Waals surface area contributed by atoms with Gasteiger partial charge in [0.05, 0.1) is 18.4 Å². The Balaban J connectivity index is 2.11. The van der Waals surface area contributed by atoms with Crippen LogP contribution in [0.15, 0.2) is 42.6 Å². The van der Waals surface area contributed by atoms with Crippen molar-refractivity contribution in [3.05, 3.63) is 65.1 Å². The highest BCUT2D eigenvalue weighted by molar-refractivity contribution is 5.99. The molecule has 0 aliphatic carbocycles. The second kappa shape index (κ2) is 7.46. The molecule has 4 N–H and O–H groups in total. The Morgan fingerprint density at radius 3 is 2.45 bits per heavy atom. The Morgan fingerprint density at radius 2 is 1.90 bits per heavy atom. The second-order valence-electron chi connectivity index (χ2n) is 6.28. The third-order valence-electron chi connectivity index (χ3n) is 4.48. The molecule has 2 heterocycles. The van der Waals surface area contributed by atoms with E-state index < -0.39 is 23.6 Å². The SMILES string of the molecule is COc1ccccc1-n1nc(C(C)c2ccc(C(F)(F)F)cn2)c(C(N)=O)c1N. The summed E-state index contributed by atoms with van der Waals surface area (Å²) in [6, 6.07) is 9.04. The molecule has 3 aromatic rings. The minimum Gasteiger partial charge on any atom is -0.494 e. The van der Waals surface area contributed by atoms with Gasteiger partial charge in [-0.05, 0) is 24.3 Å². The maximum atomic E-state index is 12.8. The first-order chi connectivity index (χ1) is 13.6. The lowest BCUT2D eigenvalue weighted by atomic mass is 9.98. The minimum atomic E-state index is -4.50. The van der Waals surface area contributed by atoms with Crippen molar-refractivity contribution < 1.29 is 22.7 Å². The second-order valence-corrected chi connectivity index (χ2v) is 6.28. The molecule has 1 atom stereocenters. The van der Waals surface area contributed by atoms with Gasteiger partial charge in [-0.25, -0.2) is 4.68 Å². The van der Waals surface area contributed by atoms with Crippen LogP contribution in [0, 0.1) is 0 Å². The summed E-state index contributed by atoms with van der Waals surface area (Å²) in [6.07, 6.45) is -3.76. The number of nitrogens with two attached hydrogens (primary N) is 2. The van der Waals surface area contributed by atoms with E-state index >= 15 is 0 Å². The molecule has 10 heteroatoms. The fraction of sp³-hybridized carbons (Fsp3) is 0.211. The van der Waals surface area contributed by atoms with E-state index in [1.165, 1.54) is 17.9 Å². The Morgan fingerprint density at radius 1 is 1.21 bits per heavy atom. The highest BCUT2D eigenvalue weighted by Gasteiger charge is 2.32. The van der Waals surface area contributed by atoms with E-state index in [9.17, 15) is 18.0 Å². The average molecular weight is 405 g/mol. The molecule has 0 spiro atoms. The Hall–Kier alpha value is -3.56. The van der Waals surface area contributed by atoms with Gasteiger partial charge in [-0.2, -0.15) is 18.3 Å². The van der Waals surface area contributed by atoms with Crippen molar-refractivity contribution in [3.63, 3.8) is 0 Å². The number of carbonyl (C=O) groups is 1. The van der Waals surface area contributed by atoms with Crippen LogP contribution < -0.4 is 16.2 Å². The molecule has 2 aromatic heterocycles. The van der Waals surface area contributed by atoms with E-state index in [4.69, 9.17) is 16.2 Å². The van der Waals surface area contributed by atoms with Crippen molar-refractivity contribution in [2.75, 3.05) is 12.8 Å². The molecule has 1 unspecified atom stereocenters. The van der Waals surface area contributed by atoms with Crippen molar-refractivity contribution >= 4 is 11.7 Å². The number of amides is 1. The van der Waals surface area contributed by atoms with E-state index in [2.05, 4.69) is 10.1 Å². The van der Waals surface area contributed by atoms with Gasteiger partial charge in [0.25, 0.3) is 5.91 Å². The predicted molar refractivity (Wildman–Crippen MR) is 99.8 cm³/mol. The first-order valence-electron chi connectivity index (χ1n) is 8.49. The highest BCUT2D eigenvalue weighted by atomic mass is 19.4. The third kappa shape index (κ3) is 3.73. The maximum Gasteiger partial charge on any atom is 0.417 e. The van der Waals surface area contributed by atoms with Gasteiger partial charge in [0, 0.05) is 17.8 Å².